The molecule has 0 aromatic heterocycles. The summed E-state index contributed by atoms with van der Waals surface area (Å²) in [4.78, 5) is 10.3. The minimum Gasteiger partial charge on any atom is -0.394 e. The predicted octanol–water partition coefficient (Wildman–Crippen LogP) is 0.668. The predicted molar refractivity (Wildman–Crippen MR) is 59.4 cm³/mol. The molecule has 6 heteroatoms. The highest BCUT2D eigenvalue weighted by atomic mass is 16.6. The van der Waals surface area contributed by atoms with Gasteiger partial charge in [0.05, 0.1) is 24.2 Å². The van der Waals surface area contributed by atoms with Crippen LogP contribution in [0.25, 0.3) is 0 Å². The molecule has 0 atom stereocenters. The first-order valence-corrected chi connectivity index (χ1v) is 4.82. The number of aryl methyl sites for hydroxylation is 1. The summed E-state index contributed by atoms with van der Waals surface area (Å²) in [6.07, 6.45) is 0. The van der Waals surface area contributed by atoms with Gasteiger partial charge in [-0.2, -0.15) is 0 Å². The lowest BCUT2D eigenvalue weighted by atomic mass is 10.1. The van der Waals surface area contributed by atoms with E-state index >= 15 is 0 Å². The lowest BCUT2D eigenvalue weighted by Crippen LogP contribution is -2.28. The minimum absolute atomic E-state index is 0.0631. The van der Waals surface area contributed by atoms with Crippen LogP contribution < -0.4 is 5.32 Å². The fraction of sp³-hybridized carbons (Fsp3) is 0.400. The van der Waals surface area contributed by atoms with Crippen LogP contribution in [0.15, 0.2) is 18.2 Å². The molecule has 3 N–H and O–H groups in total. The quantitative estimate of drug-likeness (QED) is 0.506. The average molecular weight is 226 g/mol. The van der Waals surface area contributed by atoms with E-state index in [1.54, 1.807) is 19.1 Å². The van der Waals surface area contributed by atoms with Gasteiger partial charge in [0.25, 0.3) is 5.69 Å². The largest absolute Gasteiger partial charge is 0.394 e. The van der Waals surface area contributed by atoms with Gasteiger partial charge in [0, 0.05) is 6.07 Å². The van der Waals surface area contributed by atoms with Crippen molar-refractivity contribution in [3.05, 3.63) is 33.9 Å². The highest BCUT2D eigenvalue weighted by Crippen LogP contribution is 2.28. The topological polar surface area (TPSA) is 95.6 Å². The van der Waals surface area contributed by atoms with Crippen LogP contribution in [0.3, 0.4) is 0 Å². The summed E-state index contributed by atoms with van der Waals surface area (Å²) in [5.41, 5.74) is 0.966. The summed E-state index contributed by atoms with van der Waals surface area (Å²) in [6.45, 7) is 1.14. The van der Waals surface area contributed by atoms with Crippen molar-refractivity contribution in [1.29, 1.82) is 0 Å². The lowest BCUT2D eigenvalue weighted by Gasteiger charge is -2.16. The summed E-state index contributed by atoms with van der Waals surface area (Å²) in [5, 5.41) is 31.4. The van der Waals surface area contributed by atoms with Crippen LogP contribution in [0.5, 0.6) is 0 Å². The summed E-state index contributed by atoms with van der Waals surface area (Å²) in [5.74, 6) is 0. The number of rotatable bonds is 5. The summed E-state index contributed by atoms with van der Waals surface area (Å²) < 4.78 is 0. The van der Waals surface area contributed by atoms with Crippen LogP contribution in [0.1, 0.15) is 5.56 Å². The minimum atomic E-state index is -0.597. The maximum absolute atomic E-state index is 10.8. The molecule has 0 unspecified atom stereocenters. The van der Waals surface area contributed by atoms with Gasteiger partial charge in [0.15, 0.2) is 0 Å². The molecule has 0 spiro atoms. The van der Waals surface area contributed by atoms with Crippen molar-refractivity contribution in [2.45, 2.75) is 13.0 Å². The lowest BCUT2D eigenvalue weighted by molar-refractivity contribution is -0.384. The molecule has 1 aromatic carbocycles. The molecule has 0 aliphatic rings. The first-order valence-electron chi connectivity index (χ1n) is 4.82. The van der Waals surface area contributed by atoms with E-state index in [1.807, 2.05) is 0 Å². The molecule has 0 saturated heterocycles. The van der Waals surface area contributed by atoms with E-state index < -0.39 is 11.0 Å². The number of aliphatic hydroxyl groups excluding tert-OH is 2. The normalized spacial score (nSPS) is 10.5. The summed E-state index contributed by atoms with van der Waals surface area (Å²) in [7, 11) is 0. The number of nitro benzene ring substituents is 1. The Morgan fingerprint density at radius 3 is 2.56 bits per heavy atom. The molecule has 0 bridgehead atoms. The first kappa shape index (κ1) is 12.4. The molecular formula is C10H14N2O4. The van der Waals surface area contributed by atoms with Crippen LogP contribution in [-0.2, 0) is 0 Å². The molecule has 0 radical (unpaired) electrons. The van der Waals surface area contributed by atoms with Gasteiger partial charge in [-0.3, -0.25) is 10.1 Å². The third-order valence-corrected chi connectivity index (χ3v) is 2.24. The number of para-hydroxylation sites is 1. The van der Waals surface area contributed by atoms with Crippen LogP contribution in [0.2, 0.25) is 0 Å². The Labute approximate surface area is 92.7 Å². The third kappa shape index (κ3) is 2.68. The molecule has 0 aliphatic heterocycles. The van der Waals surface area contributed by atoms with Gasteiger partial charge in [-0.05, 0) is 12.5 Å². The Morgan fingerprint density at radius 1 is 1.44 bits per heavy atom. The fourth-order valence-electron chi connectivity index (χ4n) is 1.35. The molecule has 0 fully saturated rings. The van der Waals surface area contributed by atoms with Gasteiger partial charge in [-0.25, -0.2) is 0 Å². The number of nitro groups is 1. The van der Waals surface area contributed by atoms with Crippen LogP contribution in [0, 0.1) is 17.0 Å². The average Bonchev–Trinajstić information content (AvgIpc) is 2.27. The molecule has 6 nitrogen and oxygen atoms in total. The second-order valence-corrected chi connectivity index (χ2v) is 3.43. The van der Waals surface area contributed by atoms with Gasteiger partial charge in [-0.1, -0.05) is 12.1 Å². The van der Waals surface area contributed by atoms with Crippen molar-refractivity contribution >= 4 is 11.4 Å². The van der Waals surface area contributed by atoms with Crippen molar-refractivity contribution in [2.75, 3.05) is 18.5 Å². The summed E-state index contributed by atoms with van der Waals surface area (Å²) >= 11 is 0. The Morgan fingerprint density at radius 2 is 2.06 bits per heavy atom. The number of benzene rings is 1. The molecule has 1 aromatic rings. The number of hydrogen-bond donors (Lipinski definition) is 3. The molecule has 0 heterocycles. The number of aliphatic hydroxyl groups is 2. The van der Waals surface area contributed by atoms with E-state index in [2.05, 4.69) is 5.32 Å². The number of hydrogen-bond acceptors (Lipinski definition) is 5. The monoisotopic (exact) mass is 226 g/mol. The third-order valence-electron chi connectivity index (χ3n) is 2.24. The molecule has 0 aliphatic carbocycles. The zero-order chi connectivity index (χ0) is 12.1. The zero-order valence-electron chi connectivity index (χ0n) is 8.88. The molecule has 0 saturated carbocycles. The van der Waals surface area contributed by atoms with Crippen LogP contribution >= 0.6 is 0 Å². The van der Waals surface area contributed by atoms with Gasteiger partial charge in [0.1, 0.15) is 5.69 Å². The molecule has 1 rings (SSSR count). The molecule has 0 amide bonds. The van der Waals surface area contributed by atoms with Crippen molar-refractivity contribution in [1.82, 2.24) is 0 Å². The zero-order valence-corrected chi connectivity index (χ0v) is 8.88. The van der Waals surface area contributed by atoms with E-state index in [1.165, 1.54) is 6.07 Å². The van der Waals surface area contributed by atoms with Crippen molar-refractivity contribution in [2.24, 2.45) is 0 Å². The highest BCUT2D eigenvalue weighted by Gasteiger charge is 2.17. The van der Waals surface area contributed by atoms with Crippen molar-refractivity contribution in [3.8, 4) is 0 Å². The Hall–Kier alpha value is -1.66. The fourth-order valence-corrected chi connectivity index (χ4v) is 1.35. The smallest absolute Gasteiger partial charge is 0.292 e. The Bertz CT molecular complexity index is 377. The highest BCUT2D eigenvalue weighted by molar-refractivity contribution is 5.66. The first-order chi connectivity index (χ1) is 7.60. The van der Waals surface area contributed by atoms with Crippen LogP contribution in [-0.4, -0.2) is 34.4 Å². The van der Waals surface area contributed by atoms with E-state index in [0.717, 1.165) is 0 Å². The van der Waals surface area contributed by atoms with Gasteiger partial charge in [0.2, 0.25) is 0 Å². The van der Waals surface area contributed by atoms with Crippen LogP contribution in [0.4, 0.5) is 11.4 Å². The number of nitrogens with zero attached hydrogens (tertiary/aromatic N) is 1. The Kier molecular flexibility index (Phi) is 4.21. The summed E-state index contributed by atoms with van der Waals surface area (Å²) in [6, 6.07) is 4.09. The Balaban J connectivity index is 3.05. The van der Waals surface area contributed by atoms with Crippen molar-refractivity contribution < 1.29 is 15.1 Å². The second kappa shape index (κ2) is 5.43. The second-order valence-electron chi connectivity index (χ2n) is 3.43. The van der Waals surface area contributed by atoms with E-state index in [4.69, 9.17) is 10.2 Å². The molecule has 16 heavy (non-hydrogen) atoms. The number of nitrogens with one attached hydrogen (secondary N) is 1. The standard InChI is InChI=1S/C10H14N2O4/c1-7-3-2-4-9(12(15)16)10(7)11-8(5-13)6-14/h2-4,8,11,13-14H,5-6H2,1H3. The van der Waals surface area contributed by atoms with E-state index in [-0.39, 0.29) is 18.9 Å². The SMILES string of the molecule is Cc1cccc([N+](=O)[O-])c1NC(CO)CO. The maximum atomic E-state index is 10.8. The van der Waals surface area contributed by atoms with Gasteiger partial charge in [-0.15, -0.1) is 0 Å². The van der Waals surface area contributed by atoms with E-state index in [0.29, 0.717) is 11.3 Å². The van der Waals surface area contributed by atoms with E-state index in [9.17, 15) is 10.1 Å². The number of anilines is 1. The maximum Gasteiger partial charge on any atom is 0.292 e. The molecular weight excluding hydrogens is 212 g/mol. The molecule has 88 valence electrons. The van der Waals surface area contributed by atoms with Gasteiger partial charge >= 0.3 is 0 Å². The van der Waals surface area contributed by atoms with Gasteiger partial charge < -0.3 is 15.5 Å². The van der Waals surface area contributed by atoms with Crippen molar-refractivity contribution in [3.63, 3.8) is 0 Å².